The number of amides is 2. The first-order chi connectivity index (χ1) is 12.1. The first-order valence-corrected chi connectivity index (χ1v) is 8.93. The summed E-state index contributed by atoms with van der Waals surface area (Å²) in [4.78, 5) is 33.9. The van der Waals surface area contributed by atoms with Gasteiger partial charge in [-0.05, 0) is 31.4 Å². The van der Waals surface area contributed by atoms with Crippen LogP contribution in [0.5, 0.6) is 0 Å². The lowest BCUT2D eigenvalue weighted by atomic mass is 10.1. The van der Waals surface area contributed by atoms with Gasteiger partial charge in [-0.15, -0.1) is 11.3 Å². The number of aromatic nitrogens is 2. The number of nitrogens with zero attached hydrogens (tertiary/aromatic N) is 5. The van der Waals surface area contributed by atoms with Crippen LogP contribution in [0.4, 0.5) is 0 Å². The maximum Gasteiger partial charge on any atom is 0.291 e. The minimum Gasteiger partial charge on any atom is -0.271 e. The summed E-state index contributed by atoms with van der Waals surface area (Å²) in [7, 11) is 0. The summed E-state index contributed by atoms with van der Waals surface area (Å²) < 4.78 is 0. The average Bonchev–Trinajstić information content (AvgIpc) is 3.08. The largest absolute Gasteiger partial charge is 0.291 e. The number of thiazole rings is 1. The van der Waals surface area contributed by atoms with E-state index in [1.165, 1.54) is 21.4 Å². The standard InChI is InChI=1S/C17H15N5O2S/c18-11-17(4-5-17)16(24)22-8-2-7-21(22)15(23)13-10-25-14(20-13)12-3-1-6-19-9-12/h1,3,6,9-10H,2,4-5,7-8H2. The molecular weight excluding hydrogens is 338 g/mol. The van der Waals surface area contributed by atoms with Crippen molar-refractivity contribution in [2.45, 2.75) is 19.3 Å². The number of hydrogen-bond acceptors (Lipinski definition) is 6. The predicted molar refractivity (Wildman–Crippen MR) is 90.0 cm³/mol. The van der Waals surface area contributed by atoms with E-state index in [-0.39, 0.29) is 11.8 Å². The molecule has 0 radical (unpaired) electrons. The molecule has 2 amide bonds. The van der Waals surface area contributed by atoms with E-state index in [1.54, 1.807) is 17.8 Å². The van der Waals surface area contributed by atoms with Gasteiger partial charge in [0.25, 0.3) is 11.8 Å². The van der Waals surface area contributed by atoms with Gasteiger partial charge in [-0.3, -0.25) is 14.6 Å². The van der Waals surface area contributed by atoms with E-state index in [2.05, 4.69) is 16.0 Å². The third-order valence-electron chi connectivity index (χ3n) is 4.51. The van der Waals surface area contributed by atoms with E-state index in [4.69, 9.17) is 0 Å². The first kappa shape index (κ1) is 15.7. The van der Waals surface area contributed by atoms with E-state index in [0.717, 1.165) is 5.56 Å². The smallest absolute Gasteiger partial charge is 0.271 e. The zero-order valence-electron chi connectivity index (χ0n) is 13.4. The van der Waals surface area contributed by atoms with Crippen LogP contribution in [-0.4, -0.2) is 44.9 Å². The molecule has 0 atom stereocenters. The van der Waals surface area contributed by atoms with Crippen LogP contribution in [0.15, 0.2) is 29.9 Å². The summed E-state index contributed by atoms with van der Waals surface area (Å²) in [5.74, 6) is -0.561. The summed E-state index contributed by atoms with van der Waals surface area (Å²) in [6.07, 6.45) is 5.23. The van der Waals surface area contributed by atoms with Gasteiger partial charge in [-0.1, -0.05) is 0 Å². The van der Waals surface area contributed by atoms with Crippen molar-refractivity contribution in [1.29, 1.82) is 5.26 Å². The van der Waals surface area contributed by atoms with Gasteiger partial charge in [0.05, 0.1) is 6.07 Å². The average molecular weight is 353 g/mol. The van der Waals surface area contributed by atoms with Gasteiger partial charge < -0.3 is 0 Å². The summed E-state index contributed by atoms with van der Waals surface area (Å²) in [6.45, 7) is 0.930. The molecule has 8 heteroatoms. The molecular formula is C17H15N5O2S. The molecule has 126 valence electrons. The van der Waals surface area contributed by atoms with Crippen LogP contribution in [-0.2, 0) is 4.79 Å². The second-order valence-corrected chi connectivity index (χ2v) is 7.04. The monoisotopic (exact) mass is 353 g/mol. The van der Waals surface area contributed by atoms with E-state index in [9.17, 15) is 14.9 Å². The van der Waals surface area contributed by atoms with Crippen LogP contribution < -0.4 is 0 Å². The third-order valence-corrected chi connectivity index (χ3v) is 5.40. The minimum atomic E-state index is -0.925. The molecule has 2 aromatic heterocycles. The molecule has 1 aliphatic heterocycles. The molecule has 1 aliphatic carbocycles. The second kappa shape index (κ2) is 5.93. The number of pyridine rings is 1. The predicted octanol–water partition coefficient (Wildman–Crippen LogP) is 2.10. The molecule has 25 heavy (non-hydrogen) atoms. The molecule has 0 unspecified atom stereocenters. The topological polar surface area (TPSA) is 90.2 Å². The maximum absolute atomic E-state index is 12.8. The Labute approximate surface area is 148 Å². The van der Waals surface area contributed by atoms with E-state index in [0.29, 0.717) is 43.1 Å². The number of rotatable bonds is 3. The summed E-state index contributed by atoms with van der Waals surface area (Å²) >= 11 is 1.37. The fourth-order valence-corrected chi connectivity index (χ4v) is 3.69. The highest BCUT2D eigenvalue weighted by Gasteiger charge is 2.54. The van der Waals surface area contributed by atoms with Crippen molar-refractivity contribution < 1.29 is 9.59 Å². The lowest BCUT2D eigenvalue weighted by Crippen LogP contribution is -2.47. The van der Waals surface area contributed by atoms with Gasteiger partial charge in [-0.25, -0.2) is 15.0 Å². The Morgan fingerprint density at radius 2 is 2.08 bits per heavy atom. The third kappa shape index (κ3) is 2.66. The van der Waals surface area contributed by atoms with Gasteiger partial charge in [0, 0.05) is 36.4 Å². The molecule has 1 saturated carbocycles. The van der Waals surface area contributed by atoms with Crippen LogP contribution in [0.2, 0.25) is 0 Å². The van der Waals surface area contributed by atoms with Crippen molar-refractivity contribution in [2.24, 2.45) is 5.41 Å². The maximum atomic E-state index is 12.8. The van der Waals surface area contributed by atoms with Crippen LogP contribution in [0.1, 0.15) is 29.8 Å². The van der Waals surface area contributed by atoms with Gasteiger partial charge in [-0.2, -0.15) is 5.26 Å². The summed E-state index contributed by atoms with van der Waals surface area (Å²) in [5.41, 5.74) is 0.235. The van der Waals surface area contributed by atoms with Gasteiger partial charge in [0.15, 0.2) is 0 Å². The zero-order chi connectivity index (χ0) is 17.4. The molecule has 7 nitrogen and oxygen atoms in total. The van der Waals surface area contributed by atoms with E-state index < -0.39 is 5.41 Å². The van der Waals surface area contributed by atoms with Crippen molar-refractivity contribution in [1.82, 2.24) is 20.0 Å². The highest BCUT2D eigenvalue weighted by molar-refractivity contribution is 7.13. The normalized spacial score (nSPS) is 18.0. The Hall–Kier alpha value is -2.79. The lowest BCUT2D eigenvalue weighted by molar-refractivity contribution is -0.144. The number of hydrogen-bond donors (Lipinski definition) is 0. The molecule has 0 aromatic carbocycles. The second-order valence-electron chi connectivity index (χ2n) is 6.18. The SMILES string of the molecule is N#CC1(C(=O)N2CCCN2C(=O)c2csc(-c3cccnc3)n2)CC1. The molecule has 2 fully saturated rings. The molecule has 0 bridgehead atoms. The van der Waals surface area contributed by atoms with Crippen molar-refractivity contribution in [3.05, 3.63) is 35.6 Å². The van der Waals surface area contributed by atoms with Crippen molar-refractivity contribution >= 4 is 23.2 Å². The first-order valence-electron chi connectivity index (χ1n) is 8.05. The number of hydrazine groups is 1. The molecule has 0 spiro atoms. The Morgan fingerprint density at radius 3 is 2.76 bits per heavy atom. The number of carbonyl (C=O) groups excluding carboxylic acids is 2. The Morgan fingerprint density at radius 1 is 1.28 bits per heavy atom. The Balaban J connectivity index is 1.55. The van der Waals surface area contributed by atoms with Gasteiger partial charge >= 0.3 is 0 Å². The number of nitriles is 1. The van der Waals surface area contributed by atoms with Gasteiger partial charge in [0.1, 0.15) is 16.1 Å². The lowest BCUT2D eigenvalue weighted by Gasteiger charge is -2.28. The van der Waals surface area contributed by atoms with Crippen molar-refractivity contribution in [3.63, 3.8) is 0 Å². The Kier molecular flexibility index (Phi) is 3.73. The van der Waals surface area contributed by atoms with Crippen LogP contribution in [0.3, 0.4) is 0 Å². The van der Waals surface area contributed by atoms with E-state index in [1.807, 2.05) is 12.1 Å². The molecule has 2 aliphatic rings. The van der Waals surface area contributed by atoms with Gasteiger partial charge in [0.2, 0.25) is 0 Å². The number of carbonyl (C=O) groups is 2. The molecule has 2 aromatic rings. The van der Waals surface area contributed by atoms with Crippen molar-refractivity contribution in [2.75, 3.05) is 13.1 Å². The highest BCUT2D eigenvalue weighted by Crippen LogP contribution is 2.47. The van der Waals surface area contributed by atoms with E-state index >= 15 is 0 Å². The summed E-state index contributed by atoms with van der Waals surface area (Å²) in [5, 5.41) is 14.5. The van der Waals surface area contributed by atoms with Crippen LogP contribution in [0.25, 0.3) is 10.6 Å². The molecule has 3 heterocycles. The van der Waals surface area contributed by atoms with Crippen molar-refractivity contribution in [3.8, 4) is 16.6 Å². The molecule has 4 rings (SSSR count). The van der Waals surface area contributed by atoms with Crippen LogP contribution in [0, 0.1) is 16.7 Å². The summed E-state index contributed by atoms with van der Waals surface area (Å²) in [6, 6.07) is 5.80. The van der Waals surface area contributed by atoms with Crippen LogP contribution >= 0.6 is 11.3 Å². The minimum absolute atomic E-state index is 0.261. The molecule has 1 saturated heterocycles. The Bertz CT molecular complexity index is 869. The fraction of sp³-hybridized carbons (Fsp3) is 0.353. The highest BCUT2D eigenvalue weighted by atomic mass is 32.1. The fourth-order valence-electron chi connectivity index (χ4n) is 2.91. The molecule has 0 N–H and O–H groups in total. The quantitative estimate of drug-likeness (QED) is 0.843. The zero-order valence-corrected chi connectivity index (χ0v) is 14.2.